The number of primary sulfonamides is 1. The fraction of sp³-hybridized carbons (Fsp3) is 0.267. The zero-order chi connectivity index (χ0) is 17.0. The smallest absolute Gasteiger partial charge is 0.258 e. The van der Waals surface area contributed by atoms with Crippen LogP contribution in [-0.4, -0.2) is 20.9 Å². The number of carbonyl (C=O) groups is 1. The van der Waals surface area contributed by atoms with Gasteiger partial charge in [0.1, 0.15) is 9.96 Å². The molecule has 1 amide bonds. The Balaban J connectivity index is 1.83. The third-order valence-corrected chi connectivity index (χ3v) is 5.75. The van der Waals surface area contributed by atoms with Crippen LogP contribution in [0.25, 0.3) is 0 Å². The molecule has 0 fully saturated rings. The van der Waals surface area contributed by atoms with Gasteiger partial charge in [0.05, 0.1) is 6.54 Å². The van der Waals surface area contributed by atoms with E-state index in [0.717, 1.165) is 22.5 Å². The second-order valence-electron chi connectivity index (χ2n) is 5.08. The molecule has 1 aromatic carbocycles. The highest BCUT2D eigenvalue weighted by Crippen LogP contribution is 2.20. The van der Waals surface area contributed by atoms with Crippen molar-refractivity contribution in [3.05, 3.63) is 46.3 Å². The first-order chi connectivity index (χ1) is 10.8. The van der Waals surface area contributed by atoms with Crippen molar-refractivity contribution in [1.29, 1.82) is 0 Å². The van der Waals surface area contributed by atoms with Crippen LogP contribution >= 0.6 is 11.3 Å². The molecule has 0 saturated carbocycles. The molecule has 8 heteroatoms. The van der Waals surface area contributed by atoms with Crippen LogP contribution in [0.3, 0.4) is 0 Å². The van der Waals surface area contributed by atoms with Gasteiger partial charge in [-0.05, 0) is 49.2 Å². The Morgan fingerprint density at radius 2 is 1.96 bits per heavy atom. The van der Waals surface area contributed by atoms with E-state index in [9.17, 15) is 13.2 Å². The molecule has 2 aromatic rings. The minimum Gasteiger partial charge on any atom is -0.484 e. The van der Waals surface area contributed by atoms with E-state index < -0.39 is 10.0 Å². The average Bonchev–Trinajstić information content (AvgIpc) is 2.95. The largest absolute Gasteiger partial charge is 0.484 e. The number of amides is 1. The lowest BCUT2D eigenvalue weighted by atomic mass is 10.1. The maximum absolute atomic E-state index is 11.8. The summed E-state index contributed by atoms with van der Waals surface area (Å²) in [5.74, 6) is 0.352. The molecule has 0 radical (unpaired) electrons. The van der Waals surface area contributed by atoms with Crippen LogP contribution in [0.5, 0.6) is 5.75 Å². The van der Waals surface area contributed by atoms with Gasteiger partial charge in [-0.1, -0.05) is 6.07 Å². The van der Waals surface area contributed by atoms with Gasteiger partial charge in [-0.25, -0.2) is 13.6 Å². The third-order valence-electron chi connectivity index (χ3n) is 3.23. The van der Waals surface area contributed by atoms with Crippen LogP contribution in [0.1, 0.15) is 16.0 Å². The fourth-order valence-corrected chi connectivity index (χ4v) is 3.51. The summed E-state index contributed by atoms with van der Waals surface area (Å²) in [7, 11) is -3.69. The molecule has 0 aliphatic rings. The van der Waals surface area contributed by atoms with Gasteiger partial charge in [0.2, 0.25) is 10.0 Å². The van der Waals surface area contributed by atoms with Crippen molar-refractivity contribution in [1.82, 2.24) is 5.32 Å². The predicted molar refractivity (Wildman–Crippen MR) is 88.9 cm³/mol. The summed E-state index contributed by atoms with van der Waals surface area (Å²) in [6.45, 7) is 4.11. The summed E-state index contributed by atoms with van der Waals surface area (Å²) in [4.78, 5) is 12.5. The number of carbonyl (C=O) groups excluding carboxylic acids is 1. The van der Waals surface area contributed by atoms with Gasteiger partial charge in [0.25, 0.3) is 5.91 Å². The molecule has 0 aliphatic carbocycles. The van der Waals surface area contributed by atoms with Crippen molar-refractivity contribution in [3.8, 4) is 5.75 Å². The number of ether oxygens (including phenoxy) is 1. The second-order valence-corrected chi connectivity index (χ2v) is 8.03. The highest BCUT2D eigenvalue weighted by Gasteiger charge is 2.11. The van der Waals surface area contributed by atoms with Crippen LogP contribution in [0, 0.1) is 13.8 Å². The lowest BCUT2D eigenvalue weighted by Gasteiger charge is -2.08. The van der Waals surface area contributed by atoms with Crippen molar-refractivity contribution < 1.29 is 17.9 Å². The Kier molecular flexibility index (Phi) is 5.40. The molecule has 1 aromatic heterocycles. The Labute approximate surface area is 139 Å². The first kappa shape index (κ1) is 17.5. The number of sulfonamides is 1. The summed E-state index contributed by atoms with van der Waals surface area (Å²) in [5.41, 5.74) is 2.25. The first-order valence-corrected chi connectivity index (χ1v) is 9.20. The van der Waals surface area contributed by atoms with Gasteiger partial charge in [0.15, 0.2) is 6.61 Å². The van der Waals surface area contributed by atoms with Gasteiger partial charge in [-0.15, -0.1) is 11.3 Å². The molecule has 0 aliphatic heterocycles. The number of hydrogen-bond acceptors (Lipinski definition) is 5. The molecule has 6 nitrogen and oxygen atoms in total. The standard InChI is InChI=1S/C15H18N2O4S2/c1-10-3-4-12(7-11(10)2)21-9-14(18)17-8-13-5-6-15(22-13)23(16,19)20/h3-7H,8-9H2,1-2H3,(H,17,18)(H2,16,19,20). The van der Waals surface area contributed by atoms with E-state index in [1.54, 1.807) is 6.07 Å². The molecule has 1 heterocycles. The van der Waals surface area contributed by atoms with Gasteiger partial charge in [-0.2, -0.15) is 0 Å². The SMILES string of the molecule is Cc1ccc(OCC(=O)NCc2ccc(S(N)(=O)=O)s2)cc1C. The van der Waals surface area contributed by atoms with Gasteiger partial charge >= 0.3 is 0 Å². The monoisotopic (exact) mass is 354 g/mol. The van der Waals surface area contributed by atoms with Crippen molar-refractivity contribution in [2.24, 2.45) is 5.14 Å². The summed E-state index contributed by atoms with van der Waals surface area (Å²) < 4.78 is 27.9. The molecule has 2 rings (SSSR count). The van der Waals surface area contributed by atoms with E-state index in [-0.39, 0.29) is 23.3 Å². The number of benzene rings is 1. The molecule has 0 atom stereocenters. The topological polar surface area (TPSA) is 98.5 Å². The molecule has 3 N–H and O–H groups in total. The summed E-state index contributed by atoms with van der Waals surface area (Å²) >= 11 is 1.03. The van der Waals surface area contributed by atoms with Crippen LogP contribution in [0.15, 0.2) is 34.5 Å². The van der Waals surface area contributed by atoms with Crippen molar-refractivity contribution >= 4 is 27.3 Å². The van der Waals surface area contributed by atoms with E-state index in [1.807, 2.05) is 32.0 Å². The van der Waals surface area contributed by atoms with E-state index in [1.165, 1.54) is 6.07 Å². The predicted octanol–water partition coefficient (Wildman–Crippen LogP) is 1.71. The molecular formula is C15H18N2O4S2. The zero-order valence-corrected chi connectivity index (χ0v) is 14.5. The fourth-order valence-electron chi connectivity index (χ4n) is 1.80. The van der Waals surface area contributed by atoms with Crippen molar-refractivity contribution in [2.75, 3.05) is 6.61 Å². The molecule has 0 saturated heterocycles. The number of aryl methyl sites for hydroxylation is 2. The Morgan fingerprint density at radius 3 is 2.57 bits per heavy atom. The van der Waals surface area contributed by atoms with Crippen LogP contribution in [-0.2, 0) is 21.4 Å². The average molecular weight is 354 g/mol. The quantitative estimate of drug-likeness (QED) is 0.825. The van der Waals surface area contributed by atoms with E-state index in [4.69, 9.17) is 9.88 Å². The summed E-state index contributed by atoms with van der Waals surface area (Å²) in [5, 5.41) is 7.71. The van der Waals surface area contributed by atoms with Crippen LogP contribution < -0.4 is 15.2 Å². The molecule has 0 unspecified atom stereocenters. The lowest BCUT2D eigenvalue weighted by Crippen LogP contribution is -2.28. The Bertz CT molecular complexity index is 813. The summed E-state index contributed by atoms with van der Waals surface area (Å²) in [6.07, 6.45) is 0. The minimum absolute atomic E-state index is 0.0770. The van der Waals surface area contributed by atoms with Crippen molar-refractivity contribution in [2.45, 2.75) is 24.6 Å². The minimum atomic E-state index is -3.69. The van der Waals surface area contributed by atoms with E-state index in [2.05, 4.69) is 5.32 Å². The van der Waals surface area contributed by atoms with Crippen LogP contribution in [0.2, 0.25) is 0 Å². The molecule has 0 bridgehead atoms. The number of thiophene rings is 1. The number of nitrogens with one attached hydrogen (secondary N) is 1. The third kappa shape index (κ3) is 5.05. The number of nitrogens with two attached hydrogens (primary N) is 1. The molecule has 23 heavy (non-hydrogen) atoms. The van der Waals surface area contributed by atoms with Gasteiger partial charge in [0, 0.05) is 4.88 Å². The number of hydrogen-bond donors (Lipinski definition) is 2. The molecule has 124 valence electrons. The van der Waals surface area contributed by atoms with Crippen LogP contribution in [0.4, 0.5) is 0 Å². The Morgan fingerprint density at radius 1 is 1.22 bits per heavy atom. The van der Waals surface area contributed by atoms with Gasteiger partial charge < -0.3 is 10.1 Å². The highest BCUT2D eigenvalue weighted by atomic mass is 32.2. The maximum Gasteiger partial charge on any atom is 0.258 e. The van der Waals surface area contributed by atoms with E-state index >= 15 is 0 Å². The zero-order valence-electron chi connectivity index (χ0n) is 12.8. The number of rotatable bonds is 6. The lowest BCUT2D eigenvalue weighted by molar-refractivity contribution is -0.123. The first-order valence-electron chi connectivity index (χ1n) is 6.84. The molecule has 0 spiro atoms. The van der Waals surface area contributed by atoms with Crippen molar-refractivity contribution in [3.63, 3.8) is 0 Å². The summed E-state index contributed by atoms with van der Waals surface area (Å²) in [6, 6.07) is 8.67. The normalized spacial score (nSPS) is 11.3. The second kappa shape index (κ2) is 7.12. The maximum atomic E-state index is 11.8. The molecular weight excluding hydrogens is 336 g/mol. The van der Waals surface area contributed by atoms with Gasteiger partial charge in [-0.3, -0.25) is 4.79 Å². The van der Waals surface area contributed by atoms with E-state index in [0.29, 0.717) is 10.6 Å². The Hall–Kier alpha value is -1.90. The highest BCUT2D eigenvalue weighted by molar-refractivity contribution is 7.91.